The summed E-state index contributed by atoms with van der Waals surface area (Å²) >= 11 is 0. The molecule has 0 bridgehead atoms. The number of hydrogen-bond donors (Lipinski definition) is 4. The van der Waals surface area contributed by atoms with Gasteiger partial charge in [-0.1, -0.05) is 13.2 Å². The first-order chi connectivity index (χ1) is 14.2. The first-order valence-electron chi connectivity index (χ1n) is 8.95. The summed E-state index contributed by atoms with van der Waals surface area (Å²) in [5.41, 5.74) is 5.57. The van der Waals surface area contributed by atoms with Crippen LogP contribution in [-0.4, -0.2) is 56.8 Å². The van der Waals surface area contributed by atoms with Gasteiger partial charge in [-0.25, -0.2) is 17.6 Å². The van der Waals surface area contributed by atoms with E-state index in [2.05, 4.69) is 46.5 Å². The number of nitrogens with one attached hydrogen (secondary N) is 4. The molecule has 0 radical (unpaired) electrons. The van der Waals surface area contributed by atoms with Crippen molar-refractivity contribution in [2.24, 2.45) is 5.10 Å². The van der Waals surface area contributed by atoms with Crippen molar-refractivity contribution in [3.8, 4) is 0 Å². The summed E-state index contributed by atoms with van der Waals surface area (Å²) in [4.78, 5) is 12.4. The van der Waals surface area contributed by atoms with Crippen LogP contribution in [0.15, 0.2) is 47.9 Å². The maximum atomic E-state index is 13.5. The third kappa shape index (κ3) is 8.62. The molecule has 0 aliphatic carbocycles. The molecular formula is C19H26F4N6O. The number of hydrazine groups is 1. The molecule has 0 spiro atoms. The van der Waals surface area contributed by atoms with Crippen molar-refractivity contribution in [3.05, 3.63) is 59.9 Å². The molecule has 1 atom stereocenters. The molecule has 0 aromatic heterocycles. The Hall–Kier alpha value is -2.92. The van der Waals surface area contributed by atoms with Gasteiger partial charge in [-0.2, -0.15) is 5.10 Å². The van der Waals surface area contributed by atoms with Gasteiger partial charge in [0.2, 0.25) is 5.91 Å². The molecule has 0 aliphatic heterocycles. The Morgan fingerprint density at radius 1 is 1.17 bits per heavy atom. The molecule has 4 N–H and O–H groups in total. The summed E-state index contributed by atoms with van der Waals surface area (Å²) in [6.07, 6.45) is -2.89. The summed E-state index contributed by atoms with van der Waals surface area (Å²) in [6, 6.07) is 2.22. The smallest absolute Gasteiger partial charge is 0.279 e. The molecular weight excluding hydrogens is 404 g/mol. The van der Waals surface area contributed by atoms with E-state index in [0.717, 1.165) is 18.2 Å². The van der Waals surface area contributed by atoms with Crippen LogP contribution >= 0.6 is 0 Å². The van der Waals surface area contributed by atoms with E-state index < -0.39 is 42.3 Å². The number of halogens is 4. The van der Waals surface area contributed by atoms with Crippen molar-refractivity contribution in [3.63, 3.8) is 0 Å². The quantitative estimate of drug-likeness (QED) is 0.156. The molecule has 1 aromatic carbocycles. The van der Waals surface area contributed by atoms with Crippen LogP contribution in [0.4, 0.5) is 17.6 Å². The van der Waals surface area contributed by atoms with Crippen LogP contribution in [0.1, 0.15) is 5.56 Å². The van der Waals surface area contributed by atoms with Gasteiger partial charge in [0.25, 0.3) is 6.43 Å². The maximum Gasteiger partial charge on any atom is 0.279 e. The van der Waals surface area contributed by atoms with Crippen LogP contribution in [0.25, 0.3) is 0 Å². The first kappa shape index (κ1) is 25.1. The molecule has 30 heavy (non-hydrogen) atoms. The van der Waals surface area contributed by atoms with Gasteiger partial charge in [-0.05, 0) is 31.2 Å². The van der Waals surface area contributed by atoms with E-state index >= 15 is 0 Å². The number of nitrogens with zero attached hydrogens (tertiary/aromatic N) is 2. The molecule has 1 aromatic rings. The third-order valence-electron chi connectivity index (χ3n) is 3.94. The number of amides is 1. The zero-order chi connectivity index (χ0) is 22.7. The van der Waals surface area contributed by atoms with Gasteiger partial charge < -0.3 is 10.6 Å². The average Bonchev–Trinajstić information content (AvgIpc) is 2.67. The summed E-state index contributed by atoms with van der Waals surface area (Å²) in [7, 11) is 1.70. The minimum absolute atomic E-state index is 0.0169. The summed E-state index contributed by atoms with van der Waals surface area (Å²) in [6.45, 7) is 10.6. The molecule has 7 nitrogen and oxygen atoms in total. The minimum Gasteiger partial charge on any atom is -0.386 e. The molecule has 0 fully saturated rings. The Morgan fingerprint density at radius 2 is 1.80 bits per heavy atom. The largest absolute Gasteiger partial charge is 0.386 e. The molecule has 1 amide bonds. The highest BCUT2D eigenvalue weighted by molar-refractivity contribution is 5.79. The van der Waals surface area contributed by atoms with Gasteiger partial charge >= 0.3 is 0 Å². The molecule has 166 valence electrons. The molecule has 0 saturated heterocycles. The Balaban J connectivity index is 2.90. The predicted octanol–water partition coefficient (Wildman–Crippen LogP) is 1.52. The first-order valence-corrected chi connectivity index (χ1v) is 8.95. The standard InChI is InChI=1S/C19H26F4N6O/c1-12(26-5-6-27-24-3)17(9-14-7-15(20)10-16(21)8-14)28-18(30)11-29(25-4)13(2)19(22)23/h7-8,10,17,19,24,26-27H,1-2,4-6,9,11H2,3H3,(H,28,30)/t17-/m0/s1. The molecule has 0 aliphatic rings. The van der Waals surface area contributed by atoms with Crippen LogP contribution in [0.5, 0.6) is 0 Å². The highest BCUT2D eigenvalue weighted by Gasteiger charge is 2.22. The number of carbonyl (C=O) groups is 1. The zero-order valence-electron chi connectivity index (χ0n) is 16.7. The van der Waals surface area contributed by atoms with E-state index in [0.29, 0.717) is 23.8 Å². The van der Waals surface area contributed by atoms with E-state index in [1.165, 1.54) is 0 Å². The predicted molar refractivity (Wildman–Crippen MR) is 108 cm³/mol. The molecule has 11 heteroatoms. The Morgan fingerprint density at radius 3 is 2.33 bits per heavy atom. The minimum atomic E-state index is -2.91. The number of hydrogen-bond acceptors (Lipinski definition) is 6. The monoisotopic (exact) mass is 430 g/mol. The van der Waals surface area contributed by atoms with E-state index in [4.69, 9.17) is 0 Å². The molecule has 0 unspecified atom stereocenters. The maximum absolute atomic E-state index is 13.5. The van der Waals surface area contributed by atoms with Gasteiger partial charge in [0.05, 0.1) is 11.7 Å². The topological polar surface area (TPSA) is 80.8 Å². The summed E-state index contributed by atoms with van der Waals surface area (Å²) < 4.78 is 52.7. The normalized spacial score (nSPS) is 11.7. The van der Waals surface area contributed by atoms with Gasteiger partial charge in [0.1, 0.15) is 18.2 Å². The van der Waals surface area contributed by atoms with Crippen LogP contribution in [-0.2, 0) is 11.2 Å². The van der Waals surface area contributed by atoms with Crippen LogP contribution in [0.2, 0.25) is 0 Å². The van der Waals surface area contributed by atoms with Crippen LogP contribution in [0.3, 0.4) is 0 Å². The summed E-state index contributed by atoms with van der Waals surface area (Å²) in [5, 5.41) is 9.64. The van der Waals surface area contributed by atoms with Crippen molar-refractivity contribution >= 4 is 12.6 Å². The van der Waals surface area contributed by atoms with Crippen molar-refractivity contribution in [2.75, 3.05) is 26.7 Å². The number of rotatable bonds is 14. The second kappa shape index (κ2) is 12.6. The third-order valence-corrected chi connectivity index (χ3v) is 3.94. The number of hydrazone groups is 1. The van der Waals surface area contributed by atoms with E-state index in [9.17, 15) is 22.4 Å². The lowest BCUT2D eigenvalue weighted by Crippen LogP contribution is -2.46. The van der Waals surface area contributed by atoms with Gasteiger partial charge in [-0.15, -0.1) is 0 Å². The van der Waals surface area contributed by atoms with Crippen LogP contribution < -0.4 is 21.5 Å². The lowest BCUT2D eigenvalue weighted by molar-refractivity contribution is -0.122. The average molecular weight is 430 g/mol. The van der Waals surface area contributed by atoms with Crippen molar-refractivity contribution in [1.29, 1.82) is 0 Å². The number of alkyl halides is 2. The van der Waals surface area contributed by atoms with Crippen molar-refractivity contribution < 1.29 is 22.4 Å². The lowest BCUT2D eigenvalue weighted by Gasteiger charge is -2.25. The number of benzene rings is 1. The van der Waals surface area contributed by atoms with Gasteiger partial charge in [0.15, 0.2) is 0 Å². The van der Waals surface area contributed by atoms with Gasteiger partial charge in [0, 0.05) is 31.6 Å². The SMILES string of the molecule is C=NN(CC(=O)N[C@@H](Cc1cc(F)cc(F)c1)C(=C)NCCNNC)C(=C)C(F)F. The molecule has 0 saturated carbocycles. The number of allylic oxidation sites excluding steroid dienone is 1. The summed E-state index contributed by atoms with van der Waals surface area (Å²) in [5.74, 6) is -2.20. The lowest BCUT2D eigenvalue weighted by atomic mass is 10.0. The highest BCUT2D eigenvalue weighted by atomic mass is 19.3. The zero-order valence-corrected chi connectivity index (χ0v) is 16.7. The van der Waals surface area contributed by atoms with E-state index in [1.54, 1.807) is 7.05 Å². The molecule has 1 rings (SSSR count). The fourth-order valence-electron chi connectivity index (χ4n) is 2.49. The Bertz CT molecular complexity index is 738. The fourth-order valence-corrected chi connectivity index (χ4v) is 2.49. The van der Waals surface area contributed by atoms with Crippen molar-refractivity contribution in [2.45, 2.75) is 18.9 Å². The molecule has 0 heterocycles. The fraction of sp³-hybridized carbons (Fsp3) is 0.368. The number of carbonyl (C=O) groups excluding carboxylic acids is 1. The Labute approximate surface area is 172 Å². The van der Waals surface area contributed by atoms with E-state index in [1.807, 2.05) is 0 Å². The van der Waals surface area contributed by atoms with Gasteiger partial charge in [-0.3, -0.25) is 20.7 Å². The second-order valence-electron chi connectivity index (χ2n) is 6.22. The van der Waals surface area contributed by atoms with E-state index in [-0.39, 0.29) is 12.0 Å². The Kier molecular flexibility index (Phi) is 10.6. The van der Waals surface area contributed by atoms with Crippen molar-refractivity contribution in [1.82, 2.24) is 26.5 Å². The highest BCUT2D eigenvalue weighted by Crippen LogP contribution is 2.14. The second-order valence-corrected chi connectivity index (χ2v) is 6.22. The van der Waals surface area contributed by atoms with Crippen LogP contribution in [0, 0.1) is 11.6 Å².